The zero-order chi connectivity index (χ0) is 28.1. The minimum Gasteiger partial charge on any atom is -0.505 e. The largest absolute Gasteiger partial charge is 0.505 e. The van der Waals surface area contributed by atoms with Crippen LogP contribution in [0.2, 0.25) is 0 Å². The van der Waals surface area contributed by atoms with Crippen LogP contribution in [0.25, 0.3) is 21.6 Å². The van der Waals surface area contributed by atoms with Crippen molar-refractivity contribution in [2.75, 3.05) is 18.6 Å². The third-order valence-corrected chi connectivity index (χ3v) is 8.07. The first-order chi connectivity index (χ1) is 19.3. The molecule has 10 heteroatoms. The minimum atomic E-state index is -0.927. The fourth-order valence-corrected chi connectivity index (χ4v) is 6.08. The maximum Gasteiger partial charge on any atom is 0.301 e. The van der Waals surface area contributed by atoms with E-state index in [0.29, 0.717) is 45.7 Å². The average Bonchev–Trinajstić information content (AvgIpc) is 3.61. The van der Waals surface area contributed by atoms with Crippen LogP contribution < -0.4 is 14.4 Å². The maximum atomic E-state index is 13.7. The molecule has 9 nitrogen and oxygen atoms in total. The number of aliphatic hydroxyl groups excluding tert-OH is 1. The lowest BCUT2D eigenvalue weighted by molar-refractivity contribution is -0.132. The Morgan fingerprint density at radius 1 is 1.05 bits per heavy atom. The Hall–Kier alpha value is -4.70. The van der Waals surface area contributed by atoms with Crippen molar-refractivity contribution in [2.24, 2.45) is 0 Å². The summed E-state index contributed by atoms with van der Waals surface area (Å²) < 4.78 is 13.6. The first-order valence-electron chi connectivity index (χ1n) is 12.7. The predicted molar refractivity (Wildman–Crippen MR) is 153 cm³/mol. The number of Topliss-reactive ketones (excluding diaryl/α,β-unsaturated/α-hetero) is 1. The predicted octanol–water partition coefficient (Wildman–Crippen LogP) is 5.59. The molecule has 1 fully saturated rings. The van der Waals surface area contributed by atoms with Gasteiger partial charge in [-0.05, 0) is 68.3 Å². The molecule has 40 heavy (non-hydrogen) atoms. The summed E-state index contributed by atoms with van der Waals surface area (Å²) in [6.07, 6.45) is 1.85. The fourth-order valence-electron chi connectivity index (χ4n) is 5.06. The van der Waals surface area contributed by atoms with Gasteiger partial charge in [-0.2, -0.15) is 0 Å². The monoisotopic (exact) mass is 554 g/mol. The zero-order valence-electron chi connectivity index (χ0n) is 22.3. The number of nitrogens with zero attached hydrogens (tertiary/aromatic N) is 4. The van der Waals surface area contributed by atoms with Crippen LogP contribution >= 0.6 is 11.3 Å². The molecule has 1 saturated heterocycles. The van der Waals surface area contributed by atoms with E-state index in [1.807, 2.05) is 49.6 Å². The number of anilines is 1. The number of aliphatic hydroxyl groups is 1. The van der Waals surface area contributed by atoms with Gasteiger partial charge in [-0.1, -0.05) is 29.5 Å². The number of hydrogen-bond donors (Lipinski definition) is 1. The number of amides is 1. The molecule has 5 aromatic rings. The molecule has 6 rings (SSSR count). The van der Waals surface area contributed by atoms with Crippen molar-refractivity contribution >= 4 is 49.8 Å². The summed E-state index contributed by atoms with van der Waals surface area (Å²) in [5.41, 5.74) is 3.72. The Bertz CT molecular complexity index is 1840. The molecule has 1 unspecified atom stereocenters. The van der Waals surface area contributed by atoms with Crippen LogP contribution in [0.4, 0.5) is 5.13 Å². The second kappa shape index (κ2) is 9.80. The quantitative estimate of drug-likeness (QED) is 0.166. The van der Waals surface area contributed by atoms with Crippen LogP contribution in [-0.2, 0) is 9.59 Å². The van der Waals surface area contributed by atoms with Crippen LogP contribution in [0.15, 0.2) is 66.4 Å². The number of rotatable bonds is 6. The van der Waals surface area contributed by atoms with Crippen LogP contribution in [0.5, 0.6) is 11.5 Å². The second-order valence-corrected chi connectivity index (χ2v) is 10.4. The lowest BCUT2D eigenvalue weighted by atomic mass is 9.96. The second-order valence-electron chi connectivity index (χ2n) is 9.43. The van der Waals surface area contributed by atoms with Gasteiger partial charge in [-0.3, -0.25) is 14.5 Å². The zero-order valence-corrected chi connectivity index (χ0v) is 23.2. The maximum absolute atomic E-state index is 13.7. The highest BCUT2D eigenvalue weighted by Crippen LogP contribution is 2.45. The first-order valence-corrected chi connectivity index (χ1v) is 13.6. The van der Waals surface area contributed by atoms with E-state index in [1.165, 1.54) is 16.2 Å². The summed E-state index contributed by atoms with van der Waals surface area (Å²) in [7, 11) is 1.58. The van der Waals surface area contributed by atoms with E-state index in [0.717, 1.165) is 10.3 Å². The number of ketones is 1. The number of carbonyl (C=O) groups excluding carboxylic acids is 2. The van der Waals surface area contributed by atoms with Gasteiger partial charge in [-0.15, -0.1) is 0 Å². The molecule has 1 atom stereocenters. The Morgan fingerprint density at radius 3 is 2.50 bits per heavy atom. The van der Waals surface area contributed by atoms with E-state index in [4.69, 9.17) is 9.47 Å². The highest BCUT2D eigenvalue weighted by molar-refractivity contribution is 7.22. The van der Waals surface area contributed by atoms with Crippen LogP contribution in [0.1, 0.15) is 35.5 Å². The van der Waals surface area contributed by atoms with E-state index in [9.17, 15) is 14.7 Å². The summed E-state index contributed by atoms with van der Waals surface area (Å²) in [5.74, 6) is -0.596. The van der Waals surface area contributed by atoms with E-state index < -0.39 is 17.7 Å². The van der Waals surface area contributed by atoms with Crippen molar-refractivity contribution in [1.29, 1.82) is 0 Å². The Labute approximate surface area is 233 Å². The van der Waals surface area contributed by atoms with Crippen molar-refractivity contribution < 1.29 is 24.2 Å². The van der Waals surface area contributed by atoms with E-state index in [1.54, 1.807) is 43.5 Å². The van der Waals surface area contributed by atoms with Gasteiger partial charge < -0.3 is 19.0 Å². The van der Waals surface area contributed by atoms with Crippen LogP contribution in [0.3, 0.4) is 0 Å². The van der Waals surface area contributed by atoms with Gasteiger partial charge in [0.15, 0.2) is 10.9 Å². The molecule has 2 aromatic carbocycles. The lowest BCUT2D eigenvalue weighted by Gasteiger charge is -2.23. The van der Waals surface area contributed by atoms with Crippen molar-refractivity contribution in [2.45, 2.75) is 26.8 Å². The number of imidazole rings is 1. The number of methoxy groups -OCH3 is 1. The molecule has 0 spiro atoms. The van der Waals surface area contributed by atoms with Crippen LogP contribution in [0, 0.1) is 13.8 Å². The van der Waals surface area contributed by atoms with Crippen LogP contribution in [-0.4, -0.2) is 44.9 Å². The molecule has 1 amide bonds. The summed E-state index contributed by atoms with van der Waals surface area (Å²) in [6.45, 7) is 6.13. The molecule has 0 saturated carbocycles. The molecule has 0 radical (unpaired) electrons. The van der Waals surface area contributed by atoms with Crippen molar-refractivity contribution in [3.63, 3.8) is 0 Å². The van der Waals surface area contributed by atoms with E-state index >= 15 is 0 Å². The molecule has 1 aliphatic heterocycles. The number of benzene rings is 2. The number of thiazole rings is 1. The standard InChI is InChI=1S/C30H26N4O5S/c1-5-39-19-10-8-18(9-11-19)25-23(26(35)24-17(3)33-14-6-7-16(2)28(33)32-24)27(36)29(37)34(25)30-31-21-13-12-20(38-4)15-22(21)40-30/h6-15,25,35H,5H2,1-4H3. The van der Waals surface area contributed by atoms with E-state index in [-0.39, 0.29) is 17.0 Å². The van der Waals surface area contributed by atoms with Crippen molar-refractivity contribution in [3.05, 3.63) is 88.9 Å². The topological polar surface area (TPSA) is 106 Å². The minimum absolute atomic E-state index is 0.0462. The number of ether oxygens (including phenoxy) is 2. The summed E-state index contributed by atoms with van der Waals surface area (Å²) >= 11 is 1.27. The molecule has 0 bridgehead atoms. The lowest BCUT2D eigenvalue weighted by Crippen LogP contribution is -2.29. The number of fused-ring (bicyclic) bond motifs is 2. The van der Waals surface area contributed by atoms with Gasteiger partial charge in [0.25, 0.3) is 5.78 Å². The number of hydrogen-bond acceptors (Lipinski definition) is 8. The van der Waals surface area contributed by atoms with Gasteiger partial charge in [-0.25, -0.2) is 9.97 Å². The smallest absolute Gasteiger partial charge is 0.301 e. The summed E-state index contributed by atoms with van der Waals surface area (Å²) in [5, 5.41) is 12.0. The third-order valence-electron chi connectivity index (χ3n) is 7.05. The molecule has 202 valence electrons. The molecule has 0 aliphatic carbocycles. The fraction of sp³-hybridized carbons (Fsp3) is 0.200. The number of aromatic nitrogens is 3. The molecule has 1 N–H and O–H groups in total. The third kappa shape index (κ3) is 3.99. The molecule has 4 heterocycles. The van der Waals surface area contributed by atoms with Gasteiger partial charge in [0.2, 0.25) is 0 Å². The Kier molecular flexibility index (Phi) is 6.26. The molecule has 1 aliphatic rings. The van der Waals surface area contributed by atoms with E-state index in [2.05, 4.69) is 9.97 Å². The molecular formula is C30H26N4O5S. The highest BCUT2D eigenvalue weighted by atomic mass is 32.1. The molecular weight excluding hydrogens is 528 g/mol. The van der Waals surface area contributed by atoms with Gasteiger partial charge in [0, 0.05) is 6.20 Å². The van der Waals surface area contributed by atoms with Crippen molar-refractivity contribution in [3.8, 4) is 11.5 Å². The summed E-state index contributed by atoms with van der Waals surface area (Å²) in [6, 6.07) is 15.5. The SMILES string of the molecule is CCOc1ccc(C2C(=C(O)c3nc4c(C)cccn4c3C)C(=O)C(=O)N2c2nc3ccc(OC)cc3s2)cc1. The summed E-state index contributed by atoms with van der Waals surface area (Å²) in [4.78, 5) is 38.0. The van der Waals surface area contributed by atoms with Gasteiger partial charge in [0.05, 0.1) is 41.2 Å². The van der Waals surface area contributed by atoms with Gasteiger partial charge >= 0.3 is 5.91 Å². The number of pyridine rings is 1. The van der Waals surface area contributed by atoms with Gasteiger partial charge in [0.1, 0.15) is 22.8 Å². The highest BCUT2D eigenvalue weighted by Gasteiger charge is 2.48. The molecule has 3 aromatic heterocycles. The number of carbonyl (C=O) groups is 2. The van der Waals surface area contributed by atoms with Crippen molar-refractivity contribution in [1.82, 2.24) is 14.4 Å². The Balaban J connectivity index is 1.56. The normalized spacial score (nSPS) is 16.8. The Morgan fingerprint density at radius 2 is 1.80 bits per heavy atom. The first kappa shape index (κ1) is 25.6. The average molecular weight is 555 g/mol. The number of aryl methyl sites for hydroxylation is 2.